The van der Waals surface area contributed by atoms with Gasteiger partial charge in [-0.1, -0.05) is 36.4 Å². The van der Waals surface area contributed by atoms with Gasteiger partial charge >= 0.3 is 5.97 Å². The van der Waals surface area contributed by atoms with E-state index in [9.17, 15) is 19.5 Å². The molecule has 6 nitrogen and oxygen atoms in total. The largest absolute Gasteiger partial charge is 0.477 e. The first-order valence-corrected chi connectivity index (χ1v) is 9.20. The van der Waals surface area contributed by atoms with E-state index in [1.54, 1.807) is 19.1 Å². The number of amides is 2. The van der Waals surface area contributed by atoms with Crippen LogP contribution in [0.15, 0.2) is 53.7 Å². The van der Waals surface area contributed by atoms with Crippen LogP contribution < -0.4 is 5.32 Å². The Hall–Kier alpha value is -2.80. The van der Waals surface area contributed by atoms with Gasteiger partial charge in [0, 0.05) is 11.3 Å². The Kier molecular flexibility index (Phi) is 3.96. The number of hydrogen-bond donors (Lipinski definition) is 2. The van der Waals surface area contributed by atoms with Crippen LogP contribution in [0.3, 0.4) is 0 Å². The Labute approximate surface area is 153 Å². The number of aliphatic carboxylic acids is 1. The fourth-order valence-electron chi connectivity index (χ4n) is 3.42. The Balaban J connectivity index is 1.58. The maximum absolute atomic E-state index is 12.7. The van der Waals surface area contributed by atoms with Gasteiger partial charge < -0.3 is 10.4 Å². The minimum absolute atomic E-state index is 0.0365. The molecule has 0 bridgehead atoms. The molecule has 0 aliphatic carbocycles. The van der Waals surface area contributed by atoms with Crippen LogP contribution in [-0.2, 0) is 9.59 Å². The number of carbonyl (C=O) groups is 3. The highest BCUT2D eigenvalue weighted by molar-refractivity contribution is 8.00. The van der Waals surface area contributed by atoms with Crippen molar-refractivity contribution in [1.82, 2.24) is 10.2 Å². The van der Waals surface area contributed by atoms with Gasteiger partial charge in [-0.3, -0.25) is 14.5 Å². The predicted molar refractivity (Wildman–Crippen MR) is 98.6 cm³/mol. The second-order valence-corrected chi connectivity index (χ2v) is 7.43. The zero-order chi connectivity index (χ0) is 18.4. The minimum Gasteiger partial charge on any atom is -0.477 e. The SMILES string of the molecule is CC1=C(C(=O)O)N2C(=O)[C@@H](NC(=O)c3cccc4ccccc34)C2SC1. The van der Waals surface area contributed by atoms with E-state index in [1.165, 1.54) is 16.7 Å². The third-order valence-electron chi connectivity index (χ3n) is 4.68. The van der Waals surface area contributed by atoms with Crippen LogP contribution in [0.25, 0.3) is 10.8 Å². The number of carboxylic acid groups (broad SMARTS) is 1. The zero-order valence-electron chi connectivity index (χ0n) is 13.9. The number of carbonyl (C=O) groups excluding carboxylic acids is 2. The lowest BCUT2D eigenvalue weighted by molar-refractivity contribution is -0.148. The van der Waals surface area contributed by atoms with Crippen LogP contribution >= 0.6 is 11.8 Å². The fraction of sp³-hybridized carbons (Fsp3) is 0.211. The predicted octanol–water partition coefficient (Wildman–Crippen LogP) is 2.21. The normalized spacial score (nSPS) is 22.0. The van der Waals surface area contributed by atoms with Crippen molar-refractivity contribution < 1.29 is 19.5 Å². The van der Waals surface area contributed by atoms with Crippen molar-refractivity contribution >= 4 is 40.3 Å². The van der Waals surface area contributed by atoms with Crippen molar-refractivity contribution in [3.63, 3.8) is 0 Å². The van der Waals surface area contributed by atoms with Crippen LogP contribution in [0, 0.1) is 0 Å². The summed E-state index contributed by atoms with van der Waals surface area (Å²) in [6, 6.07) is 12.3. The Morgan fingerprint density at radius 2 is 1.92 bits per heavy atom. The van der Waals surface area contributed by atoms with Crippen molar-refractivity contribution in [2.24, 2.45) is 0 Å². The summed E-state index contributed by atoms with van der Waals surface area (Å²) in [7, 11) is 0. The molecule has 2 aromatic rings. The number of thioether (sulfide) groups is 1. The van der Waals surface area contributed by atoms with Gasteiger partial charge in [-0.05, 0) is 29.3 Å². The highest BCUT2D eigenvalue weighted by Crippen LogP contribution is 2.40. The molecule has 2 aliphatic heterocycles. The first kappa shape index (κ1) is 16.7. The van der Waals surface area contributed by atoms with Crippen LogP contribution in [0.4, 0.5) is 0 Å². The summed E-state index contributed by atoms with van der Waals surface area (Å²) in [4.78, 5) is 38.0. The molecule has 2 aliphatic rings. The summed E-state index contributed by atoms with van der Waals surface area (Å²) in [6.45, 7) is 1.71. The van der Waals surface area contributed by atoms with Crippen LogP contribution in [-0.4, -0.2) is 45.0 Å². The summed E-state index contributed by atoms with van der Waals surface area (Å²) < 4.78 is 0. The van der Waals surface area contributed by atoms with E-state index in [0.29, 0.717) is 16.9 Å². The van der Waals surface area contributed by atoms with Gasteiger partial charge in [-0.15, -0.1) is 11.8 Å². The van der Waals surface area contributed by atoms with Gasteiger partial charge in [0.05, 0.1) is 0 Å². The fourth-order valence-corrected chi connectivity index (χ4v) is 4.71. The second kappa shape index (κ2) is 6.17. The third-order valence-corrected chi connectivity index (χ3v) is 6.11. The Morgan fingerprint density at radius 1 is 1.19 bits per heavy atom. The molecule has 2 amide bonds. The maximum Gasteiger partial charge on any atom is 0.352 e. The molecule has 7 heteroatoms. The summed E-state index contributed by atoms with van der Waals surface area (Å²) in [5, 5.41) is 13.5. The highest BCUT2D eigenvalue weighted by atomic mass is 32.2. The topological polar surface area (TPSA) is 86.7 Å². The van der Waals surface area contributed by atoms with Gasteiger partial charge in [-0.2, -0.15) is 0 Å². The number of nitrogens with zero attached hydrogens (tertiary/aromatic N) is 1. The maximum atomic E-state index is 12.7. The average Bonchev–Trinajstić information content (AvgIpc) is 2.65. The van der Waals surface area contributed by atoms with Crippen LogP contribution in [0.1, 0.15) is 17.3 Å². The van der Waals surface area contributed by atoms with Gasteiger partial charge in [-0.25, -0.2) is 4.79 Å². The molecule has 2 N–H and O–H groups in total. The van der Waals surface area contributed by atoms with Crippen molar-refractivity contribution in [1.29, 1.82) is 0 Å². The molecular weight excluding hydrogens is 352 g/mol. The molecule has 1 saturated heterocycles. The minimum atomic E-state index is -1.11. The first-order chi connectivity index (χ1) is 12.5. The first-order valence-electron chi connectivity index (χ1n) is 8.15. The summed E-state index contributed by atoms with van der Waals surface area (Å²) >= 11 is 1.46. The molecule has 0 saturated carbocycles. The van der Waals surface area contributed by atoms with Crippen molar-refractivity contribution in [3.05, 3.63) is 59.3 Å². The number of benzene rings is 2. The number of hydrogen-bond acceptors (Lipinski definition) is 4. The average molecular weight is 368 g/mol. The van der Waals surface area contributed by atoms with Crippen LogP contribution in [0.2, 0.25) is 0 Å². The smallest absolute Gasteiger partial charge is 0.352 e. The van der Waals surface area contributed by atoms with E-state index in [0.717, 1.165) is 10.8 Å². The molecule has 1 fully saturated rings. The molecule has 132 valence electrons. The molecule has 2 aromatic carbocycles. The standard InChI is InChI=1S/C19H16N2O4S/c1-10-9-26-18-14(17(23)21(18)15(10)19(24)25)20-16(22)13-8-4-6-11-5-2-3-7-12(11)13/h2-8,14,18H,9H2,1H3,(H,20,22)(H,24,25)/t14-,18?/m1/s1. The number of nitrogens with one attached hydrogen (secondary N) is 1. The zero-order valence-corrected chi connectivity index (χ0v) is 14.7. The molecule has 0 radical (unpaired) electrons. The van der Waals surface area contributed by atoms with E-state index in [4.69, 9.17) is 0 Å². The Morgan fingerprint density at radius 3 is 2.69 bits per heavy atom. The molecule has 2 atom stereocenters. The van der Waals surface area contributed by atoms with Gasteiger partial charge in [0.25, 0.3) is 11.8 Å². The number of carboxylic acids is 1. The van der Waals surface area contributed by atoms with E-state index >= 15 is 0 Å². The second-order valence-electron chi connectivity index (χ2n) is 6.32. The van der Waals surface area contributed by atoms with Crippen LogP contribution in [0.5, 0.6) is 0 Å². The van der Waals surface area contributed by atoms with E-state index in [-0.39, 0.29) is 22.9 Å². The van der Waals surface area contributed by atoms with Crippen molar-refractivity contribution in [2.45, 2.75) is 18.3 Å². The van der Waals surface area contributed by atoms with E-state index < -0.39 is 12.0 Å². The molecule has 26 heavy (non-hydrogen) atoms. The van der Waals surface area contributed by atoms with E-state index in [2.05, 4.69) is 5.32 Å². The lowest BCUT2D eigenvalue weighted by Gasteiger charge is -2.49. The van der Waals surface area contributed by atoms with Gasteiger partial charge in [0.15, 0.2) is 0 Å². The summed E-state index contributed by atoms with van der Waals surface area (Å²) in [5.41, 5.74) is 1.20. The highest BCUT2D eigenvalue weighted by Gasteiger charge is 2.53. The molecule has 0 aromatic heterocycles. The molecule has 0 spiro atoms. The Bertz CT molecular complexity index is 979. The summed E-state index contributed by atoms with van der Waals surface area (Å²) in [5.74, 6) is -1.30. The number of rotatable bonds is 3. The molecule has 2 heterocycles. The van der Waals surface area contributed by atoms with Gasteiger partial charge in [0.2, 0.25) is 0 Å². The summed E-state index contributed by atoms with van der Waals surface area (Å²) in [6.07, 6.45) is 0. The third kappa shape index (κ3) is 2.47. The quantitative estimate of drug-likeness (QED) is 0.811. The van der Waals surface area contributed by atoms with Crippen molar-refractivity contribution in [3.8, 4) is 0 Å². The van der Waals surface area contributed by atoms with E-state index in [1.807, 2.05) is 30.3 Å². The number of fused-ring (bicyclic) bond motifs is 2. The lowest BCUT2D eigenvalue weighted by atomic mass is 10.0. The molecule has 1 unspecified atom stereocenters. The number of β-lactam (4-membered cyclic amide) rings is 1. The lowest BCUT2D eigenvalue weighted by Crippen LogP contribution is -2.70. The van der Waals surface area contributed by atoms with Crippen molar-refractivity contribution in [2.75, 3.05) is 5.75 Å². The molecular formula is C19H16N2O4S. The molecule has 4 rings (SSSR count). The van der Waals surface area contributed by atoms with Gasteiger partial charge in [0.1, 0.15) is 17.1 Å². The monoisotopic (exact) mass is 368 g/mol.